The van der Waals surface area contributed by atoms with E-state index in [0.29, 0.717) is 6.04 Å². The van der Waals surface area contributed by atoms with Crippen LogP contribution in [-0.4, -0.2) is 24.1 Å². The Morgan fingerprint density at radius 3 is 2.76 bits per heavy atom. The van der Waals surface area contributed by atoms with Crippen molar-refractivity contribution in [2.24, 2.45) is 0 Å². The maximum absolute atomic E-state index is 4.64. The topological polar surface area (TPSA) is 37.0 Å². The summed E-state index contributed by atoms with van der Waals surface area (Å²) in [5, 5.41) is 8.09. The molecule has 0 aliphatic carbocycles. The number of aromatic nitrogens is 1. The maximum atomic E-state index is 4.64. The first-order valence-corrected chi connectivity index (χ1v) is 6.25. The summed E-state index contributed by atoms with van der Waals surface area (Å²) in [6.45, 7) is 2.20. The fourth-order valence-corrected chi connectivity index (χ4v) is 2.32. The van der Waals surface area contributed by atoms with Crippen LogP contribution in [0.3, 0.4) is 0 Å². The van der Waals surface area contributed by atoms with Crippen molar-refractivity contribution in [1.82, 2.24) is 10.3 Å². The second-order valence-electron chi connectivity index (χ2n) is 4.56. The van der Waals surface area contributed by atoms with Gasteiger partial charge in [-0.1, -0.05) is 18.2 Å². The molecule has 0 unspecified atom stereocenters. The first-order chi connectivity index (χ1) is 8.42. The monoisotopic (exact) mass is 227 g/mol. The maximum Gasteiger partial charge on any atom is 0.126 e. The molecular weight excluding hydrogens is 210 g/mol. The number of benzene rings is 1. The minimum absolute atomic E-state index is 0.560. The molecule has 1 aliphatic rings. The Hall–Kier alpha value is -1.61. The average Bonchev–Trinajstić information content (AvgIpc) is 2.40. The van der Waals surface area contributed by atoms with Crippen LogP contribution in [-0.2, 0) is 0 Å². The van der Waals surface area contributed by atoms with Gasteiger partial charge in [0, 0.05) is 11.4 Å². The molecule has 1 aromatic heterocycles. The number of hydrogen-bond acceptors (Lipinski definition) is 3. The summed E-state index contributed by atoms with van der Waals surface area (Å²) < 4.78 is 0. The average molecular weight is 227 g/mol. The van der Waals surface area contributed by atoms with Gasteiger partial charge in [-0.05, 0) is 44.1 Å². The zero-order valence-corrected chi connectivity index (χ0v) is 9.82. The molecule has 1 aliphatic heterocycles. The largest absolute Gasteiger partial charge is 0.367 e. The van der Waals surface area contributed by atoms with Gasteiger partial charge in [-0.25, -0.2) is 4.98 Å². The van der Waals surface area contributed by atoms with Crippen molar-refractivity contribution in [3.05, 3.63) is 36.4 Å². The predicted molar refractivity (Wildman–Crippen MR) is 71.3 cm³/mol. The van der Waals surface area contributed by atoms with Gasteiger partial charge in [0.2, 0.25) is 0 Å². The van der Waals surface area contributed by atoms with Crippen LogP contribution in [0.15, 0.2) is 36.4 Å². The number of rotatable bonds is 2. The van der Waals surface area contributed by atoms with E-state index in [2.05, 4.69) is 39.9 Å². The number of pyridine rings is 1. The molecule has 1 saturated heterocycles. The highest BCUT2D eigenvalue weighted by Gasteiger charge is 2.12. The quantitative estimate of drug-likeness (QED) is 0.827. The Kier molecular flexibility index (Phi) is 2.92. The Morgan fingerprint density at radius 1 is 1.06 bits per heavy atom. The van der Waals surface area contributed by atoms with Gasteiger partial charge in [0.05, 0.1) is 5.52 Å². The van der Waals surface area contributed by atoms with Crippen molar-refractivity contribution in [2.75, 3.05) is 18.4 Å². The lowest BCUT2D eigenvalue weighted by Gasteiger charge is -2.24. The molecule has 88 valence electrons. The number of nitrogens with zero attached hydrogens (tertiary/aromatic N) is 1. The van der Waals surface area contributed by atoms with Crippen LogP contribution in [0.4, 0.5) is 5.82 Å². The summed E-state index contributed by atoms with van der Waals surface area (Å²) in [6, 6.07) is 13.0. The van der Waals surface area contributed by atoms with Gasteiger partial charge in [-0.3, -0.25) is 0 Å². The van der Waals surface area contributed by atoms with Gasteiger partial charge in [0.1, 0.15) is 5.82 Å². The van der Waals surface area contributed by atoms with Gasteiger partial charge in [0.15, 0.2) is 0 Å². The lowest BCUT2D eigenvalue weighted by Crippen LogP contribution is -2.35. The van der Waals surface area contributed by atoms with Crippen LogP contribution < -0.4 is 10.6 Å². The molecule has 1 aromatic carbocycles. The van der Waals surface area contributed by atoms with Crippen LogP contribution in [0.1, 0.15) is 12.8 Å². The van der Waals surface area contributed by atoms with E-state index in [9.17, 15) is 0 Å². The third-order valence-corrected chi connectivity index (χ3v) is 3.29. The standard InChI is InChI=1S/C14H17N3/c1-2-4-13-11(3-1)5-6-14(17-13)16-12-7-9-15-10-8-12/h1-6,12,15H,7-10H2,(H,16,17). The van der Waals surface area contributed by atoms with E-state index in [4.69, 9.17) is 0 Å². The van der Waals surface area contributed by atoms with Crippen molar-refractivity contribution in [3.63, 3.8) is 0 Å². The number of piperidine rings is 1. The van der Waals surface area contributed by atoms with Gasteiger partial charge in [-0.15, -0.1) is 0 Å². The molecule has 0 radical (unpaired) electrons. The summed E-state index contributed by atoms with van der Waals surface area (Å²) in [4.78, 5) is 4.64. The summed E-state index contributed by atoms with van der Waals surface area (Å²) >= 11 is 0. The van der Waals surface area contributed by atoms with Gasteiger partial charge in [-0.2, -0.15) is 0 Å². The van der Waals surface area contributed by atoms with E-state index < -0.39 is 0 Å². The highest BCUT2D eigenvalue weighted by atomic mass is 15.0. The van der Waals surface area contributed by atoms with Crippen molar-refractivity contribution in [2.45, 2.75) is 18.9 Å². The number of para-hydroxylation sites is 1. The van der Waals surface area contributed by atoms with Crippen LogP contribution in [0.5, 0.6) is 0 Å². The third-order valence-electron chi connectivity index (χ3n) is 3.29. The van der Waals surface area contributed by atoms with E-state index in [1.807, 2.05) is 12.1 Å². The minimum Gasteiger partial charge on any atom is -0.367 e. The fraction of sp³-hybridized carbons (Fsp3) is 0.357. The SMILES string of the molecule is c1ccc2nc(NC3CCNCC3)ccc2c1. The molecule has 1 fully saturated rings. The summed E-state index contributed by atoms with van der Waals surface area (Å²) in [5.74, 6) is 0.996. The van der Waals surface area contributed by atoms with Crippen molar-refractivity contribution < 1.29 is 0 Å². The summed E-state index contributed by atoms with van der Waals surface area (Å²) in [7, 11) is 0. The zero-order valence-electron chi connectivity index (χ0n) is 9.82. The van der Waals surface area contributed by atoms with Crippen molar-refractivity contribution in [1.29, 1.82) is 0 Å². The van der Waals surface area contributed by atoms with E-state index in [1.165, 1.54) is 18.2 Å². The van der Waals surface area contributed by atoms with Gasteiger partial charge in [0.25, 0.3) is 0 Å². The first-order valence-electron chi connectivity index (χ1n) is 6.25. The minimum atomic E-state index is 0.560. The normalized spacial score (nSPS) is 17.2. The number of hydrogen-bond donors (Lipinski definition) is 2. The van der Waals surface area contributed by atoms with Crippen LogP contribution in [0, 0.1) is 0 Å². The van der Waals surface area contributed by atoms with Crippen LogP contribution in [0.25, 0.3) is 10.9 Å². The molecule has 0 amide bonds. The molecule has 17 heavy (non-hydrogen) atoms. The lowest BCUT2D eigenvalue weighted by atomic mass is 10.1. The molecule has 3 heteroatoms. The van der Waals surface area contributed by atoms with Crippen molar-refractivity contribution >= 4 is 16.7 Å². The Balaban J connectivity index is 1.80. The number of fused-ring (bicyclic) bond motifs is 1. The molecule has 0 spiro atoms. The molecule has 0 atom stereocenters. The third kappa shape index (κ3) is 2.39. The molecule has 2 N–H and O–H groups in total. The van der Waals surface area contributed by atoms with E-state index in [-0.39, 0.29) is 0 Å². The lowest BCUT2D eigenvalue weighted by molar-refractivity contribution is 0.478. The smallest absolute Gasteiger partial charge is 0.126 e. The number of anilines is 1. The Labute approximate surface area is 101 Å². The van der Waals surface area contributed by atoms with E-state index in [1.54, 1.807) is 0 Å². The first kappa shape index (κ1) is 10.5. The highest BCUT2D eigenvalue weighted by Crippen LogP contribution is 2.16. The molecular formula is C14H17N3. The van der Waals surface area contributed by atoms with E-state index >= 15 is 0 Å². The molecule has 2 heterocycles. The predicted octanol–water partition coefficient (Wildman–Crippen LogP) is 2.40. The Bertz CT molecular complexity index is 504. The van der Waals surface area contributed by atoms with Crippen LogP contribution in [0.2, 0.25) is 0 Å². The molecule has 3 nitrogen and oxygen atoms in total. The van der Waals surface area contributed by atoms with Crippen molar-refractivity contribution in [3.8, 4) is 0 Å². The van der Waals surface area contributed by atoms with Gasteiger partial charge < -0.3 is 10.6 Å². The second-order valence-corrected chi connectivity index (χ2v) is 4.56. The Morgan fingerprint density at radius 2 is 1.88 bits per heavy atom. The summed E-state index contributed by atoms with van der Waals surface area (Å²) in [6.07, 6.45) is 2.35. The van der Waals surface area contributed by atoms with Gasteiger partial charge >= 0.3 is 0 Å². The molecule has 0 saturated carbocycles. The highest BCUT2D eigenvalue weighted by molar-refractivity contribution is 5.80. The number of nitrogens with one attached hydrogen (secondary N) is 2. The molecule has 3 rings (SSSR count). The fourth-order valence-electron chi connectivity index (χ4n) is 2.32. The molecule has 0 bridgehead atoms. The van der Waals surface area contributed by atoms with E-state index in [0.717, 1.165) is 24.4 Å². The zero-order chi connectivity index (χ0) is 11.5. The second kappa shape index (κ2) is 4.72. The summed E-state index contributed by atoms with van der Waals surface area (Å²) in [5.41, 5.74) is 1.06. The molecule has 2 aromatic rings. The van der Waals surface area contributed by atoms with Crippen LogP contribution >= 0.6 is 0 Å².